The van der Waals surface area contributed by atoms with Crippen molar-refractivity contribution in [3.05, 3.63) is 59.7 Å². The molecule has 0 aliphatic rings. The lowest BCUT2D eigenvalue weighted by atomic mass is 10.1. The van der Waals surface area contributed by atoms with Crippen LogP contribution in [0.4, 0.5) is 5.69 Å². The second-order valence-electron chi connectivity index (χ2n) is 5.54. The Morgan fingerprint density at radius 1 is 1.08 bits per heavy atom. The van der Waals surface area contributed by atoms with Crippen molar-refractivity contribution in [3.8, 4) is 0 Å². The molecule has 2 N–H and O–H groups in total. The predicted molar refractivity (Wildman–Crippen MR) is 95.5 cm³/mol. The minimum atomic E-state index is -1.12. The van der Waals surface area contributed by atoms with Crippen LogP contribution in [0.1, 0.15) is 22.8 Å². The van der Waals surface area contributed by atoms with Gasteiger partial charge in [0.1, 0.15) is 6.04 Å². The van der Waals surface area contributed by atoms with Gasteiger partial charge in [-0.15, -0.1) is 0 Å². The van der Waals surface area contributed by atoms with Gasteiger partial charge < -0.3 is 10.6 Å². The summed E-state index contributed by atoms with van der Waals surface area (Å²) in [4.78, 5) is 25.0. The number of carbonyl (C=O) groups is 2. The van der Waals surface area contributed by atoms with E-state index in [2.05, 4.69) is 10.6 Å². The molecular formula is C18H20N2O3S. The van der Waals surface area contributed by atoms with E-state index in [0.29, 0.717) is 16.1 Å². The Morgan fingerprint density at radius 2 is 1.79 bits per heavy atom. The standard InChI is InChI=1S/C18H20N2O3S/c1-12-6-4-7-14(10-12)18(22)19-13(2)17(21)20-15-8-5-9-16(11-15)24(3)23/h4-11,13H,1-3H3,(H,19,22)(H,20,21). The van der Waals surface area contributed by atoms with Crippen molar-refractivity contribution < 1.29 is 13.8 Å². The summed E-state index contributed by atoms with van der Waals surface area (Å²) < 4.78 is 11.5. The summed E-state index contributed by atoms with van der Waals surface area (Å²) in [7, 11) is -1.12. The second-order valence-corrected chi connectivity index (χ2v) is 6.92. The van der Waals surface area contributed by atoms with Crippen LogP contribution in [-0.2, 0) is 15.6 Å². The van der Waals surface area contributed by atoms with Crippen molar-refractivity contribution in [2.24, 2.45) is 0 Å². The molecule has 0 aliphatic carbocycles. The van der Waals surface area contributed by atoms with Crippen LogP contribution in [-0.4, -0.2) is 28.3 Å². The Hall–Kier alpha value is -2.47. The van der Waals surface area contributed by atoms with Crippen LogP contribution in [0.2, 0.25) is 0 Å². The predicted octanol–water partition coefficient (Wildman–Crippen LogP) is 2.49. The van der Waals surface area contributed by atoms with Crippen molar-refractivity contribution in [1.29, 1.82) is 0 Å². The maximum absolute atomic E-state index is 12.2. The number of aryl methyl sites for hydroxylation is 1. The number of nitrogens with one attached hydrogen (secondary N) is 2. The summed E-state index contributed by atoms with van der Waals surface area (Å²) in [5.41, 5.74) is 2.03. The van der Waals surface area contributed by atoms with Gasteiger partial charge in [0, 0.05) is 33.2 Å². The molecule has 0 fully saturated rings. The first kappa shape index (κ1) is 17.9. The van der Waals surface area contributed by atoms with Gasteiger partial charge in [-0.3, -0.25) is 13.8 Å². The van der Waals surface area contributed by atoms with Gasteiger partial charge in [-0.25, -0.2) is 0 Å². The Balaban J connectivity index is 2.01. The molecule has 0 saturated carbocycles. The third-order valence-electron chi connectivity index (χ3n) is 3.45. The van der Waals surface area contributed by atoms with Crippen LogP contribution < -0.4 is 10.6 Å². The molecular weight excluding hydrogens is 324 g/mol. The lowest BCUT2D eigenvalue weighted by Crippen LogP contribution is -2.41. The van der Waals surface area contributed by atoms with Crippen molar-refractivity contribution in [2.75, 3.05) is 11.6 Å². The zero-order chi connectivity index (χ0) is 17.7. The lowest BCUT2D eigenvalue weighted by Gasteiger charge is -2.14. The number of rotatable bonds is 5. The maximum atomic E-state index is 12.2. The number of amides is 2. The Kier molecular flexibility index (Phi) is 5.87. The average molecular weight is 344 g/mol. The summed E-state index contributed by atoms with van der Waals surface area (Å²) in [6.07, 6.45) is 1.58. The van der Waals surface area contributed by atoms with E-state index in [-0.39, 0.29) is 11.8 Å². The quantitative estimate of drug-likeness (QED) is 0.875. The molecule has 2 aromatic rings. The van der Waals surface area contributed by atoms with E-state index in [9.17, 15) is 13.8 Å². The van der Waals surface area contributed by atoms with Crippen LogP contribution in [0.25, 0.3) is 0 Å². The van der Waals surface area contributed by atoms with E-state index in [0.717, 1.165) is 5.56 Å². The van der Waals surface area contributed by atoms with E-state index in [1.54, 1.807) is 55.6 Å². The Labute approximate surface area is 143 Å². The van der Waals surface area contributed by atoms with Crippen LogP contribution >= 0.6 is 0 Å². The number of anilines is 1. The molecule has 24 heavy (non-hydrogen) atoms. The van der Waals surface area contributed by atoms with Gasteiger partial charge in [0.25, 0.3) is 5.91 Å². The molecule has 0 saturated heterocycles. The number of hydrogen-bond acceptors (Lipinski definition) is 3. The van der Waals surface area contributed by atoms with Gasteiger partial charge >= 0.3 is 0 Å². The molecule has 2 aromatic carbocycles. The van der Waals surface area contributed by atoms with E-state index in [1.807, 2.05) is 13.0 Å². The first-order chi connectivity index (χ1) is 11.4. The average Bonchev–Trinajstić information content (AvgIpc) is 2.54. The molecule has 5 nitrogen and oxygen atoms in total. The monoisotopic (exact) mass is 344 g/mol. The molecule has 6 heteroatoms. The van der Waals surface area contributed by atoms with Crippen LogP contribution in [0.3, 0.4) is 0 Å². The third kappa shape index (κ3) is 4.76. The summed E-state index contributed by atoms with van der Waals surface area (Å²) in [6, 6.07) is 13.3. The third-order valence-corrected chi connectivity index (χ3v) is 4.37. The molecule has 0 spiro atoms. The fourth-order valence-electron chi connectivity index (χ4n) is 2.13. The largest absolute Gasteiger partial charge is 0.341 e. The van der Waals surface area contributed by atoms with Crippen molar-refractivity contribution in [1.82, 2.24) is 5.32 Å². The Morgan fingerprint density at radius 3 is 2.46 bits per heavy atom. The fraction of sp³-hybridized carbons (Fsp3) is 0.222. The summed E-state index contributed by atoms with van der Waals surface area (Å²) in [5.74, 6) is -0.639. The molecule has 2 amide bonds. The van der Waals surface area contributed by atoms with E-state index < -0.39 is 16.8 Å². The van der Waals surface area contributed by atoms with Gasteiger partial charge in [-0.2, -0.15) is 0 Å². The summed E-state index contributed by atoms with van der Waals surface area (Å²) in [6.45, 7) is 3.52. The van der Waals surface area contributed by atoms with Gasteiger partial charge in [-0.1, -0.05) is 23.8 Å². The van der Waals surface area contributed by atoms with E-state index >= 15 is 0 Å². The lowest BCUT2D eigenvalue weighted by molar-refractivity contribution is -0.117. The summed E-state index contributed by atoms with van der Waals surface area (Å²) in [5, 5.41) is 5.39. The molecule has 2 rings (SSSR count). The number of benzene rings is 2. The highest BCUT2D eigenvalue weighted by atomic mass is 32.2. The molecule has 0 aromatic heterocycles. The highest BCUT2D eigenvalue weighted by Crippen LogP contribution is 2.13. The zero-order valence-corrected chi connectivity index (χ0v) is 14.6. The normalized spacial score (nSPS) is 13.0. The maximum Gasteiger partial charge on any atom is 0.251 e. The molecule has 0 bridgehead atoms. The SMILES string of the molecule is Cc1cccc(C(=O)NC(C)C(=O)Nc2cccc(S(C)=O)c2)c1. The van der Waals surface area contributed by atoms with Crippen molar-refractivity contribution in [3.63, 3.8) is 0 Å². The van der Waals surface area contributed by atoms with Crippen LogP contribution in [0, 0.1) is 6.92 Å². The molecule has 0 aliphatic heterocycles. The van der Waals surface area contributed by atoms with Crippen molar-refractivity contribution >= 4 is 28.3 Å². The van der Waals surface area contributed by atoms with Crippen LogP contribution in [0.5, 0.6) is 0 Å². The van der Waals surface area contributed by atoms with Gasteiger partial charge in [-0.05, 0) is 44.2 Å². The highest BCUT2D eigenvalue weighted by Gasteiger charge is 2.17. The second kappa shape index (κ2) is 7.88. The molecule has 0 heterocycles. The number of carbonyl (C=O) groups excluding carboxylic acids is 2. The molecule has 0 radical (unpaired) electrons. The van der Waals surface area contributed by atoms with Crippen molar-refractivity contribution in [2.45, 2.75) is 24.8 Å². The molecule has 126 valence electrons. The smallest absolute Gasteiger partial charge is 0.251 e. The minimum absolute atomic E-state index is 0.301. The van der Waals surface area contributed by atoms with Gasteiger partial charge in [0.05, 0.1) is 0 Å². The first-order valence-corrected chi connectivity index (χ1v) is 9.04. The van der Waals surface area contributed by atoms with Crippen LogP contribution in [0.15, 0.2) is 53.4 Å². The molecule has 2 unspecified atom stereocenters. The molecule has 2 atom stereocenters. The fourth-order valence-corrected chi connectivity index (χ4v) is 2.70. The van der Waals surface area contributed by atoms with Gasteiger partial charge in [0.2, 0.25) is 5.91 Å². The number of hydrogen-bond donors (Lipinski definition) is 2. The topological polar surface area (TPSA) is 75.3 Å². The highest BCUT2D eigenvalue weighted by molar-refractivity contribution is 7.84. The zero-order valence-electron chi connectivity index (χ0n) is 13.8. The first-order valence-electron chi connectivity index (χ1n) is 7.48. The summed E-state index contributed by atoms with van der Waals surface area (Å²) >= 11 is 0. The Bertz CT molecular complexity index is 789. The van der Waals surface area contributed by atoms with E-state index in [4.69, 9.17) is 0 Å². The van der Waals surface area contributed by atoms with Gasteiger partial charge in [0.15, 0.2) is 0 Å². The van der Waals surface area contributed by atoms with E-state index in [1.165, 1.54) is 0 Å². The minimum Gasteiger partial charge on any atom is -0.341 e.